The Bertz CT molecular complexity index is 210. The van der Waals surface area contributed by atoms with Gasteiger partial charge in [0.25, 0.3) is 0 Å². The molecule has 1 atom stereocenters. The second-order valence-corrected chi connectivity index (χ2v) is 5.34. The van der Waals surface area contributed by atoms with E-state index in [1.807, 2.05) is 0 Å². The molecule has 0 aromatic carbocycles. The number of hydrogen-bond donors (Lipinski definition) is 0. The van der Waals surface area contributed by atoms with Gasteiger partial charge in [-0.2, -0.15) is 0 Å². The normalized spacial score (nSPS) is 32.0. The van der Waals surface area contributed by atoms with Gasteiger partial charge in [-0.05, 0) is 12.8 Å². The van der Waals surface area contributed by atoms with Crippen LogP contribution in [0.2, 0.25) is 0 Å². The molecular formula is C8H12OS2. The Morgan fingerprint density at radius 1 is 1.64 bits per heavy atom. The van der Waals surface area contributed by atoms with Crippen molar-refractivity contribution in [2.75, 3.05) is 0 Å². The van der Waals surface area contributed by atoms with Gasteiger partial charge in [-0.25, -0.2) is 0 Å². The van der Waals surface area contributed by atoms with E-state index in [1.165, 1.54) is 11.8 Å². The number of carbonyl (C=O) groups is 1. The monoisotopic (exact) mass is 188 g/mol. The lowest BCUT2D eigenvalue weighted by molar-refractivity contribution is -0.109. The molecule has 1 aliphatic rings. The number of thioether (sulfide) groups is 1. The third-order valence-corrected chi connectivity index (χ3v) is 4.50. The summed E-state index contributed by atoms with van der Waals surface area (Å²) in [5.74, 6) is 0.450. The van der Waals surface area contributed by atoms with Crippen LogP contribution in [-0.2, 0) is 4.79 Å². The third kappa shape index (κ3) is 1.49. The SMILES string of the molecule is CC(C)C1(C)SC(=O)CC1=S. The predicted octanol–water partition coefficient (Wildman–Crippen LogP) is 2.43. The number of thiocarbonyl (C=S) groups is 1. The van der Waals surface area contributed by atoms with Crippen LogP contribution in [0, 0.1) is 5.92 Å². The van der Waals surface area contributed by atoms with Crippen molar-refractivity contribution in [3.8, 4) is 0 Å². The highest BCUT2D eigenvalue weighted by Crippen LogP contribution is 2.42. The van der Waals surface area contributed by atoms with Gasteiger partial charge in [-0.3, -0.25) is 4.79 Å². The van der Waals surface area contributed by atoms with E-state index in [9.17, 15) is 4.79 Å². The highest BCUT2D eigenvalue weighted by Gasteiger charge is 2.42. The third-order valence-electron chi connectivity index (χ3n) is 2.29. The summed E-state index contributed by atoms with van der Waals surface area (Å²) in [5.41, 5.74) is 0. The second kappa shape index (κ2) is 2.87. The summed E-state index contributed by atoms with van der Waals surface area (Å²) < 4.78 is -0.0770. The molecule has 0 aromatic rings. The maximum absolute atomic E-state index is 11.0. The maximum Gasteiger partial charge on any atom is 0.194 e. The quantitative estimate of drug-likeness (QED) is 0.588. The van der Waals surface area contributed by atoms with Crippen LogP contribution in [0.1, 0.15) is 27.2 Å². The first-order valence-corrected chi connectivity index (χ1v) is 4.94. The number of hydrogen-bond acceptors (Lipinski definition) is 3. The topological polar surface area (TPSA) is 17.1 Å². The molecule has 0 bridgehead atoms. The van der Waals surface area contributed by atoms with Crippen LogP contribution in [0.3, 0.4) is 0 Å². The first kappa shape index (κ1) is 9.20. The van der Waals surface area contributed by atoms with Gasteiger partial charge in [0.05, 0.1) is 4.75 Å². The molecule has 1 unspecified atom stereocenters. The molecule has 3 heteroatoms. The first-order chi connectivity index (χ1) is 4.97. The zero-order chi connectivity index (χ0) is 8.65. The Kier molecular flexibility index (Phi) is 2.40. The zero-order valence-electron chi connectivity index (χ0n) is 7.01. The van der Waals surface area contributed by atoms with Crippen LogP contribution in [-0.4, -0.2) is 14.7 Å². The van der Waals surface area contributed by atoms with Crippen molar-refractivity contribution < 1.29 is 4.79 Å². The van der Waals surface area contributed by atoms with Crippen LogP contribution in [0.4, 0.5) is 0 Å². The molecular weight excluding hydrogens is 176 g/mol. The van der Waals surface area contributed by atoms with Crippen molar-refractivity contribution in [3.63, 3.8) is 0 Å². The Morgan fingerprint density at radius 2 is 2.18 bits per heavy atom. The lowest BCUT2D eigenvalue weighted by atomic mass is 9.92. The minimum atomic E-state index is -0.0770. The van der Waals surface area contributed by atoms with Gasteiger partial charge in [-0.15, -0.1) is 0 Å². The molecule has 1 rings (SSSR count). The Balaban J connectivity index is 2.87. The molecule has 0 radical (unpaired) electrons. The van der Waals surface area contributed by atoms with E-state index >= 15 is 0 Å². The van der Waals surface area contributed by atoms with Gasteiger partial charge in [-0.1, -0.05) is 37.8 Å². The average molecular weight is 188 g/mol. The summed E-state index contributed by atoms with van der Waals surface area (Å²) >= 11 is 6.57. The van der Waals surface area contributed by atoms with Crippen molar-refractivity contribution in [2.45, 2.75) is 31.9 Å². The fourth-order valence-electron chi connectivity index (χ4n) is 1.08. The largest absolute Gasteiger partial charge is 0.287 e. The van der Waals surface area contributed by atoms with E-state index < -0.39 is 0 Å². The Labute approximate surface area is 76.9 Å². The van der Waals surface area contributed by atoms with Gasteiger partial charge >= 0.3 is 0 Å². The van der Waals surface area contributed by atoms with E-state index in [2.05, 4.69) is 20.8 Å². The first-order valence-electron chi connectivity index (χ1n) is 3.72. The van der Waals surface area contributed by atoms with Crippen molar-refractivity contribution in [1.29, 1.82) is 0 Å². The molecule has 1 heterocycles. The van der Waals surface area contributed by atoms with Gasteiger partial charge in [0.15, 0.2) is 5.12 Å². The fourth-order valence-corrected chi connectivity index (χ4v) is 2.77. The van der Waals surface area contributed by atoms with Crippen molar-refractivity contribution >= 4 is 34.0 Å². The summed E-state index contributed by atoms with van der Waals surface area (Å²) in [6.45, 7) is 6.28. The minimum absolute atomic E-state index is 0.0770. The van der Waals surface area contributed by atoms with Crippen LogP contribution < -0.4 is 0 Å². The van der Waals surface area contributed by atoms with E-state index in [4.69, 9.17) is 12.2 Å². The lowest BCUT2D eigenvalue weighted by Gasteiger charge is -2.26. The standard InChI is InChI=1S/C8H12OS2/c1-5(2)8(3)6(10)4-7(9)11-8/h5H,4H2,1-3H3. The smallest absolute Gasteiger partial charge is 0.194 e. The van der Waals surface area contributed by atoms with Crippen molar-refractivity contribution in [3.05, 3.63) is 0 Å². The van der Waals surface area contributed by atoms with Crippen molar-refractivity contribution in [2.24, 2.45) is 5.92 Å². The van der Waals surface area contributed by atoms with Crippen LogP contribution >= 0.6 is 24.0 Å². The molecule has 62 valence electrons. The molecule has 0 aromatic heterocycles. The summed E-state index contributed by atoms with van der Waals surface area (Å²) in [6.07, 6.45) is 0.495. The number of carbonyl (C=O) groups excluding carboxylic acids is 1. The van der Waals surface area contributed by atoms with Crippen molar-refractivity contribution in [1.82, 2.24) is 0 Å². The zero-order valence-corrected chi connectivity index (χ0v) is 8.64. The average Bonchev–Trinajstić information content (AvgIpc) is 2.08. The highest BCUT2D eigenvalue weighted by molar-refractivity contribution is 8.17. The van der Waals surface area contributed by atoms with Gasteiger partial charge < -0.3 is 0 Å². The second-order valence-electron chi connectivity index (χ2n) is 3.34. The molecule has 1 nitrogen and oxygen atoms in total. The Morgan fingerprint density at radius 3 is 2.36 bits per heavy atom. The van der Waals surface area contributed by atoms with E-state index in [0.717, 1.165) is 4.86 Å². The molecule has 0 spiro atoms. The number of rotatable bonds is 1. The molecule has 1 fully saturated rings. The maximum atomic E-state index is 11.0. The van der Waals surface area contributed by atoms with Crippen LogP contribution in [0.25, 0.3) is 0 Å². The molecule has 11 heavy (non-hydrogen) atoms. The van der Waals surface area contributed by atoms with Gasteiger partial charge in [0, 0.05) is 11.3 Å². The summed E-state index contributed by atoms with van der Waals surface area (Å²) in [7, 11) is 0. The predicted molar refractivity (Wildman–Crippen MR) is 53.1 cm³/mol. The molecule has 1 aliphatic heterocycles. The van der Waals surface area contributed by atoms with E-state index in [1.54, 1.807) is 0 Å². The van der Waals surface area contributed by atoms with Gasteiger partial charge in [0.2, 0.25) is 0 Å². The molecule has 0 aliphatic carbocycles. The molecule has 1 saturated heterocycles. The Hall–Kier alpha value is 0.110. The molecule has 0 N–H and O–H groups in total. The van der Waals surface area contributed by atoms with E-state index in [0.29, 0.717) is 12.3 Å². The summed E-state index contributed by atoms with van der Waals surface area (Å²) in [4.78, 5) is 12.0. The lowest BCUT2D eigenvalue weighted by Crippen LogP contribution is -2.31. The summed E-state index contributed by atoms with van der Waals surface area (Å²) in [6, 6.07) is 0. The highest BCUT2D eigenvalue weighted by atomic mass is 32.2. The molecule has 0 saturated carbocycles. The summed E-state index contributed by atoms with van der Waals surface area (Å²) in [5, 5.41) is 0.228. The molecule has 0 amide bonds. The van der Waals surface area contributed by atoms with E-state index in [-0.39, 0.29) is 9.86 Å². The minimum Gasteiger partial charge on any atom is -0.287 e. The van der Waals surface area contributed by atoms with Crippen LogP contribution in [0.5, 0.6) is 0 Å². The van der Waals surface area contributed by atoms with Crippen LogP contribution in [0.15, 0.2) is 0 Å². The fraction of sp³-hybridized carbons (Fsp3) is 0.750. The van der Waals surface area contributed by atoms with Gasteiger partial charge in [0.1, 0.15) is 0 Å².